The Hall–Kier alpha value is -0.830. The molecule has 0 saturated heterocycles. The lowest BCUT2D eigenvalue weighted by Gasteiger charge is -2.04. The Balaban J connectivity index is 2.93. The number of thiazole rings is 1. The van der Waals surface area contributed by atoms with Gasteiger partial charge in [-0.1, -0.05) is 5.57 Å². The van der Waals surface area contributed by atoms with Crippen molar-refractivity contribution in [2.45, 2.75) is 26.7 Å². The summed E-state index contributed by atoms with van der Waals surface area (Å²) in [5.74, 6) is 0.458. The summed E-state index contributed by atoms with van der Waals surface area (Å²) in [6.07, 6.45) is 1.72. The summed E-state index contributed by atoms with van der Waals surface area (Å²) in [5.41, 5.74) is 1.36. The number of aliphatic hydroxyl groups is 1. The number of aryl methyl sites for hydroxylation is 1. The van der Waals surface area contributed by atoms with E-state index >= 15 is 0 Å². The lowest BCUT2D eigenvalue weighted by atomic mass is 10.1. The predicted octanol–water partition coefficient (Wildman–Crippen LogP) is 1.08. The average molecular weight is 181 g/mol. The van der Waals surface area contributed by atoms with E-state index in [-0.39, 0.29) is 0 Å². The molecule has 0 radical (unpaired) electrons. The van der Waals surface area contributed by atoms with Crippen molar-refractivity contribution in [1.82, 2.24) is 4.98 Å². The maximum Gasteiger partial charge on any atom is 0.120 e. The molecule has 0 unspecified atom stereocenters. The summed E-state index contributed by atoms with van der Waals surface area (Å²) < 4.78 is 1.18. The molecule has 0 aromatic carbocycles. The molecule has 1 aromatic heterocycles. The number of hydrogen-bond acceptors (Lipinski definition) is 3. The van der Waals surface area contributed by atoms with E-state index in [1.165, 1.54) is 10.1 Å². The topological polar surface area (TPSA) is 33.1 Å². The molecule has 0 amide bonds. The molecular weight excluding hydrogens is 170 g/mol. The van der Waals surface area contributed by atoms with Gasteiger partial charge in [-0.2, -0.15) is 0 Å². The van der Waals surface area contributed by atoms with Crippen LogP contribution in [0.2, 0.25) is 0 Å². The number of rotatable bonds is 0. The first-order valence-electron chi connectivity index (χ1n) is 4.04. The van der Waals surface area contributed by atoms with Gasteiger partial charge >= 0.3 is 0 Å². The van der Waals surface area contributed by atoms with Crippen LogP contribution < -0.4 is 9.88 Å². The standard InChI is InChI=1S/C9H11NOS/c1-5-3-4-7(11)8-9(5)12-6(2)10-8/h11H,3-4H2,1-2H3. The van der Waals surface area contributed by atoms with Gasteiger partial charge in [0.2, 0.25) is 0 Å². The van der Waals surface area contributed by atoms with Gasteiger partial charge in [-0.25, -0.2) is 4.98 Å². The first kappa shape index (κ1) is 7.80. The van der Waals surface area contributed by atoms with E-state index in [9.17, 15) is 5.11 Å². The Morgan fingerprint density at radius 3 is 2.75 bits per heavy atom. The van der Waals surface area contributed by atoms with E-state index in [2.05, 4.69) is 11.9 Å². The van der Waals surface area contributed by atoms with E-state index < -0.39 is 0 Å². The normalized spacial score (nSPS) is 16.5. The summed E-state index contributed by atoms with van der Waals surface area (Å²) in [6.45, 7) is 4.09. The number of aromatic nitrogens is 1. The monoisotopic (exact) mass is 181 g/mol. The van der Waals surface area contributed by atoms with Gasteiger partial charge in [-0.05, 0) is 20.3 Å². The second-order valence-corrected chi connectivity index (χ2v) is 4.34. The van der Waals surface area contributed by atoms with Gasteiger partial charge < -0.3 is 5.11 Å². The zero-order chi connectivity index (χ0) is 8.72. The Bertz CT molecular complexity index is 390. The van der Waals surface area contributed by atoms with Gasteiger partial charge in [-0.3, -0.25) is 0 Å². The predicted molar refractivity (Wildman–Crippen MR) is 50.5 cm³/mol. The molecule has 2 nitrogen and oxygen atoms in total. The summed E-state index contributed by atoms with van der Waals surface area (Å²) in [6, 6.07) is 0. The first-order chi connectivity index (χ1) is 5.68. The SMILES string of the molecule is CC1=c2sc(C)nc2=C(O)CC1. The van der Waals surface area contributed by atoms with E-state index in [0.717, 1.165) is 23.2 Å². The summed E-state index contributed by atoms with van der Waals surface area (Å²) >= 11 is 1.67. The van der Waals surface area contributed by atoms with Crippen molar-refractivity contribution in [2.75, 3.05) is 0 Å². The number of fused-ring (bicyclic) bond motifs is 1. The average Bonchev–Trinajstić information content (AvgIpc) is 2.41. The molecule has 0 saturated carbocycles. The second kappa shape index (κ2) is 2.59. The van der Waals surface area contributed by atoms with Crippen LogP contribution in [0.4, 0.5) is 0 Å². The zero-order valence-corrected chi connectivity index (χ0v) is 8.03. The minimum Gasteiger partial charge on any atom is -0.510 e. The molecule has 1 aliphatic rings. The van der Waals surface area contributed by atoms with Gasteiger partial charge in [0.1, 0.15) is 11.1 Å². The summed E-state index contributed by atoms with van der Waals surface area (Å²) in [7, 11) is 0. The summed E-state index contributed by atoms with van der Waals surface area (Å²) in [5, 5.41) is 11.4. The molecule has 0 atom stereocenters. The molecule has 2 rings (SSSR count). The van der Waals surface area contributed by atoms with E-state index in [1.54, 1.807) is 11.3 Å². The quantitative estimate of drug-likeness (QED) is 0.649. The van der Waals surface area contributed by atoms with Crippen molar-refractivity contribution in [1.29, 1.82) is 0 Å². The highest BCUT2D eigenvalue weighted by atomic mass is 32.1. The maximum atomic E-state index is 9.54. The van der Waals surface area contributed by atoms with Crippen LogP contribution in [0.1, 0.15) is 24.8 Å². The van der Waals surface area contributed by atoms with Crippen molar-refractivity contribution >= 4 is 22.7 Å². The number of hydrogen-bond donors (Lipinski definition) is 1. The largest absolute Gasteiger partial charge is 0.510 e. The van der Waals surface area contributed by atoms with Crippen LogP contribution in [-0.4, -0.2) is 10.1 Å². The molecular formula is C9H11NOS. The Morgan fingerprint density at radius 1 is 1.33 bits per heavy atom. The van der Waals surface area contributed by atoms with Crippen LogP contribution in [0.5, 0.6) is 0 Å². The smallest absolute Gasteiger partial charge is 0.120 e. The van der Waals surface area contributed by atoms with Gasteiger partial charge in [-0.15, -0.1) is 11.3 Å². The van der Waals surface area contributed by atoms with Crippen molar-refractivity contribution in [3.8, 4) is 0 Å². The molecule has 0 bridgehead atoms. The van der Waals surface area contributed by atoms with Gasteiger partial charge in [0.15, 0.2) is 0 Å². The van der Waals surface area contributed by atoms with Gasteiger partial charge in [0.25, 0.3) is 0 Å². The fraction of sp³-hybridized carbons (Fsp3) is 0.444. The van der Waals surface area contributed by atoms with Crippen molar-refractivity contribution in [3.05, 3.63) is 14.9 Å². The fourth-order valence-corrected chi connectivity index (χ4v) is 2.42. The molecule has 1 aromatic rings. The number of aliphatic hydroxyl groups excluding tert-OH is 1. The van der Waals surface area contributed by atoms with Crippen molar-refractivity contribution < 1.29 is 5.11 Å². The zero-order valence-electron chi connectivity index (χ0n) is 7.22. The second-order valence-electron chi connectivity index (χ2n) is 3.14. The molecule has 1 N–H and O–H groups in total. The van der Waals surface area contributed by atoms with Crippen LogP contribution in [0.15, 0.2) is 0 Å². The highest BCUT2D eigenvalue weighted by Crippen LogP contribution is 2.12. The van der Waals surface area contributed by atoms with Gasteiger partial charge in [0.05, 0.1) is 9.54 Å². The molecule has 12 heavy (non-hydrogen) atoms. The molecule has 3 heteroatoms. The number of nitrogens with zero attached hydrogens (tertiary/aromatic N) is 1. The van der Waals surface area contributed by atoms with Crippen molar-refractivity contribution in [3.63, 3.8) is 0 Å². The molecule has 1 aliphatic carbocycles. The maximum absolute atomic E-state index is 9.54. The Morgan fingerprint density at radius 2 is 2.08 bits per heavy atom. The molecule has 0 fully saturated rings. The highest BCUT2D eigenvalue weighted by Gasteiger charge is 2.10. The van der Waals surface area contributed by atoms with Gasteiger partial charge in [0, 0.05) is 6.42 Å². The molecule has 1 heterocycles. The summed E-state index contributed by atoms with van der Waals surface area (Å²) in [4.78, 5) is 4.29. The first-order valence-corrected chi connectivity index (χ1v) is 4.85. The highest BCUT2D eigenvalue weighted by molar-refractivity contribution is 7.09. The molecule has 0 spiro atoms. The van der Waals surface area contributed by atoms with E-state index in [1.807, 2.05) is 6.92 Å². The van der Waals surface area contributed by atoms with Crippen LogP contribution in [-0.2, 0) is 0 Å². The minimum absolute atomic E-state index is 0.458. The third-order valence-corrected chi connectivity index (χ3v) is 3.26. The molecule has 64 valence electrons. The molecule has 0 aliphatic heterocycles. The Labute approximate surface area is 74.9 Å². The third kappa shape index (κ3) is 1.05. The fourth-order valence-electron chi connectivity index (χ4n) is 1.45. The lowest BCUT2D eigenvalue weighted by Crippen LogP contribution is -2.29. The van der Waals surface area contributed by atoms with Crippen LogP contribution >= 0.6 is 11.3 Å². The van der Waals surface area contributed by atoms with Crippen LogP contribution in [0.25, 0.3) is 11.3 Å². The minimum atomic E-state index is 0.458. The lowest BCUT2D eigenvalue weighted by molar-refractivity contribution is 0.474. The van der Waals surface area contributed by atoms with E-state index in [0.29, 0.717) is 5.76 Å². The van der Waals surface area contributed by atoms with E-state index in [4.69, 9.17) is 0 Å². The van der Waals surface area contributed by atoms with Crippen molar-refractivity contribution in [2.24, 2.45) is 0 Å². The Kier molecular flexibility index (Phi) is 1.68. The van der Waals surface area contributed by atoms with Crippen LogP contribution in [0, 0.1) is 6.92 Å². The van der Waals surface area contributed by atoms with Crippen LogP contribution in [0.3, 0.4) is 0 Å². The third-order valence-electron chi connectivity index (χ3n) is 2.13.